The van der Waals surface area contributed by atoms with Crippen LogP contribution in [0, 0.1) is 11.8 Å². The van der Waals surface area contributed by atoms with Crippen LogP contribution in [0.4, 0.5) is 0 Å². The van der Waals surface area contributed by atoms with E-state index >= 15 is 0 Å². The fourth-order valence-corrected chi connectivity index (χ4v) is 1.56. The minimum Gasteiger partial charge on any atom is -0.300 e. The minimum atomic E-state index is 0.265. The van der Waals surface area contributed by atoms with E-state index in [1.165, 1.54) is 19.3 Å². The molecule has 0 amide bonds. The number of ketones is 1. The summed E-state index contributed by atoms with van der Waals surface area (Å²) in [6.07, 6.45) is 4.81. The van der Waals surface area contributed by atoms with Gasteiger partial charge in [-0.3, -0.25) is 4.79 Å². The molecule has 0 aliphatic heterocycles. The molecule has 0 fully saturated rings. The second-order valence-electron chi connectivity index (χ2n) is 3.81. The van der Waals surface area contributed by atoms with E-state index in [2.05, 4.69) is 13.8 Å². The first-order valence-corrected chi connectivity index (χ1v) is 6.12. The average Bonchev–Trinajstić information content (AvgIpc) is 2.19. The first-order chi connectivity index (χ1) is 6.61. The van der Waals surface area contributed by atoms with Crippen molar-refractivity contribution >= 4 is 5.78 Å². The normalized spacial score (nSPS) is 13.9. The predicted molar refractivity (Wildman–Crippen MR) is 64.5 cm³/mol. The molecular formula is C13H28O. The zero-order valence-corrected chi connectivity index (χ0v) is 10.9. The van der Waals surface area contributed by atoms with Crippen LogP contribution in [0.1, 0.15) is 67.2 Å². The quantitative estimate of drug-likeness (QED) is 0.619. The van der Waals surface area contributed by atoms with Crippen molar-refractivity contribution in [2.24, 2.45) is 11.8 Å². The molecule has 0 aliphatic rings. The largest absolute Gasteiger partial charge is 0.300 e. The summed E-state index contributed by atoms with van der Waals surface area (Å²) >= 11 is 0. The fraction of sp³-hybridized carbons (Fsp3) is 0.923. The van der Waals surface area contributed by atoms with E-state index < -0.39 is 0 Å². The predicted octanol–water partition coefficient (Wildman–Crippen LogP) is 4.45. The minimum absolute atomic E-state index is 0.265. The van der Waals surface area contributed by atoms with Gasteiger partial charge in [0.2, 0.25) is 0 Å². The van der Waals surface area contributed by atoms with Gasteiger partial charge < -0.3 is 0 Å². The molecular weight excluding hydrogens is 172 g/mol. The van der Waals surface area contributed by atoms with Crippen LogP contribution in [0.15, 0.2) is 0 Å². The van der Waals surface area contributed by atoms with Gasteiger partial charge in [0.1, 0.15) is 5.78 Å². The molecule has 2 atom stereocenters. The van der Waals surface area contributed by atoms with E-state index in [9.17, 15) is 4.79 Å². The highest BCUT2D eigenvalue weighted by molar-refractivity contribution is 5.77. The Balaban J connectivity index is 0. The SMILES string of the molecule is CC.CCCC(CC)CC(C)C(C)=O. The number of Topliss-reactive ketones (excluding diaryl/α,β-unsaturated/α-hetero) is 1. The standard InChI is InChI=1S/C11H22O.C2H6/c1-5-7-11(6-2)8-9(3)10(4)12;1-2/h9,11H,5-8H2,1-4H3;1-2H3. The van der Waals surface area contributed by atoms with Crippen LogP contribution in [0.2, 0.25) is 0 Å². The van der Waals surface area contributed by atoms with E-state index in [1.54, 1.807) is 6.92 Å². The van der Waals surface area contributed by atoms with Gasteiger partial charge in [0.25, 0.3) is 0 Å². The van der Waals surface area contributed by atoms with Gasteiger partial charge in [0, 0.05) is 5.92 Å². The van der Waals surface area contributed by atoms with Crippen molar-refractivity contribution < 1.29 is 4.79 Å². The maximum atomic E-state index is 11.0. The summed E-state index contributed by atoms with van der Waals surface area (Å²) in [5.41, 5.74) is 0. The maximum absolute atomic E-state index is 11.0. The Morgan fingerprint density at radius 1 is 1.21 bits per heavy atom. The third-order valence-corrected chi connectivity index (χ3v) is 2.66. The molecule has 0 aliphatic carbocycles. The van der Waals surface area contributed by atoms with Crippen LogP contribution in [-0.2, 0) is 4.79 Å². The Morgan fingerprint density at radius 2 is 1.71 bits per heavy atom. The van der Waals surface area contributed by atoms with Crippen LogP contribution >= 0.6 is 0 Å². The smallest absolute Gasteiger partial charge is 0.132 e. The first-order valence-electron chi connectivity index (χ1n) is 6.12. The summed E-state index contributed by atoms with van der Waals surface area (Å²) < 4.78 is 0. The number of carbonyl (C=O) groups is 1. The summed E-state index contributed by atoms with van der Waals surface area (Å²) in [6, 6.07) is 0. The van der Waals surface area contributed by atoms with Crippen LogP contribution in [0.25, 0.3) is 0 Å². The zero-order chi connectivity index (χ0) is 11.6. The number of hydrogen-bond donors (Lipinski definition) is 0. The van der Waals surface area contributed by atoms with Crippen molar-refractivity contribution in [1.29, 1.82) is 0 Å². The van der Waals surface area contributed by atoms with Gasteiger partial charge in [-0.25, -0.2) is 0 Å². The van der Waals surface area contributed by atoms with Gasteiger partial charge in [-0.2, -0.15) is 0 Å². The highest BCUT2D eigenvalue weighted by Crippen LogP contribution is 2.20. The Kier molecular flexibility index (Phi) is 12.4. The van der Waals surface area contributed by atoms with Crippen LogP contribution < -0.4 is 0 Å². The highest BCUT2D eigenvalue weighted by Gasteiger charge is 2.13. The molecule has 0 aromatic rings. The number of rotatable bonds is 6. The van der Waals surface area contributed by atoms with Crippen molar-refractivity contribution in [3.8, 4) is 0 Å². The van der Waals surface area contributed by atoms with E-state index in [4.69, 9.17) is 0 Å². The van der Waals surface area contributed by atoms with Gasteiger partial charge in [-0.05, 0) is 19.3 Å². The van der Waals surface area contributed by atoms with Crippen LogP contribution in [0.3, 0.4) is 0 Å². The Bertz CT molecular complexity index is 129. The molecule has 1 heteroatoms. The van der Waals surface area contributed by atoms with Crippen LogP contribution in [-0.4, -0.2) is 5.78 Å². The number of hydrogen-bond acceptors (Lipinski definition) is 1. The van der Waals surface area contributed by atoms with Crippen molar-refractivity contribution in [3.05, 3.63) is 0 Å². The summed E-state index contributed by atoms with van der Waals surface area (Å²) in [5, 5.41) is 0. The van der Waals surface area contributed by atoms with Crippen molar-refractivity contribution in [3.63, 3.8) is 0 Å². The Morgan fingerprint density at radius 3 is 2.00 bits per heavy atom. The summed E-state index contributed by atoms with van der Waals surface area (Å²) in [7, 11) is 0. The molecule has 0 aromatic carbocycles. The fourth-order valence-electron chi connectivity index (χ4n) is 1.56. The van der Waals surface area contributed by atoms with Crippen molar-refractivity contribution in [1.82, 2.24) is 0 Å². The zero-order valence-electron chi connectivity index (χ0n) is 10.9. The van der Waals surface area contributed by atoms with Crippen molar-refractivity contribution in [2.45, 2.75) is 67.2 Å². The van der Waals surface area contributed by atoms with Crippen molar-refractivity contribution in [2.75, 3.05) is 0 Å². The van der Waals surface area contributed by atoms with E-state index in [-0.39, 0.29) is 5.92 Å². The molecule has 0 aromatic heterocycles. The summed E-state index contributed by atoms with van der Waals surface area (Å²) in [5.74, 6) is 1.36. The van der Waals surface area contributed by atoms with Gasteiger partial charge in [0.05, 0.1) is 0 Å². The molecule has 86 valence electrons. The molecule has 0 spiro atoms. The Labute approximate surface area is 90.3 Å². The summed E-state index contributed by atoms with van der Waals surface area (Å²) in [6.45, 7) is 12.2. The highest BCUT2D eigenvalue weighted by atomic mass is 16.1. The van der Waals surface area contributed by atoms with Gasteiger partial charge >= 0.3 is 0 Å². The molecule has 0 radical (unpaired) electrons. The molecule has 14 heavy (non-hydrogen) atoms. The maximum Gasteiger partial charge on any atom is 0.132 e. The third-order valence-electron chi connectivity index (χ3n) is 2.66. The second kappa shape index (κ2) is 10.7. The lowest BCUT2D eigenvalue weighted by Crippen LogP contribution is -2.12. The first kappa shape index (κ1) is 16.1. The molecule has 1 nitrogen and oxygen atoms in total. The molecule has 0 N–H and O–H groups in total. The molecule has 0 rings (SSSR count). The lowest BCUT2D eigenvalue weighted by molar-refractivity contribution is -0.120. The molecule has 0 saturated carbocycles. The van der Waals surface area contributed by atoms with Gasteiger partial charge in [-0.15, -0.1) is 0 Å². The van der Waals surface area contributed by atoms with Gasteiger partial charge in [0.15, 0.2) is 0 Å². The number of carbonyl (C=O) groups excluding carboxylic acids is 1. The lowest BCUT2D eigenvalue weighted by Gasteiger charge is -2.16. The monoisotopic (exact) mass is 200 g/mol. The molecule has 2 unspecified atom stereocenters. The Hall–Kier alpha value is -0.330. The third kappa shape index (κ3) is 8.28. The van der Waals surface area contributed by atoms with E-state index in [0.29, 0.717) is 5.78 Å². The molecule has 0 bridgehead atoms. The average molecular weight is 200 g/mol. The van der Waals surface area contributed by atoms with E-state index in [1.807, 2.05) is 20.8 Å². The lowest BCUT2D eigenvalue weighted by atomic mass is 9.88. The molecule has 0 heterocycles. The van der Waals surface area contributed by atoms with E-state index in [0.717, 1.165) is 12.3 Å². The molecule has 0 saturated heterocycles. The van der Waals surface area contributed by atoms with Gasteiger partial charge in [-0.1, -0.05) is 53.9 Å². The topological polar surface area (TPSA) is 17.1 Å². The van der Waals surface area contributed by atoms with Crippen LogP contribution in [0.5, 0.6) is 0 Å². The second-order valence-corrected chi connectivity index (χ2v) is 3.81. The summed E-state index contributed by atoms with van der Waals surface area (Å²) in [4.78, 5) is 11.0.